The predicted octanol–water partition coefficient (Wildman–Crippen LogP) is 5.00. The van der Waals surface area contributed by atoms with Gasteiger partial charge in [-0.05, 0) is 68.7 Å². The van der Waals surface area contributed by atoms with Crippen molar-refractivity contribution in [1.82, 2.24) is 24.6 Å². The van der Waals surface area contributed by atoms with Crippen LogP contribution in [0.1, 0.15) is 99.7 Å². The molecule has 3 fully saturated rings. The van der Waals surface area contributed by atoms with Gasteiger partial charge in [0.1, 0.15) is 11.4 Å². The van der Waals surface area contributed by atoms with Gasteiger partial charge in [-0.2, -0.15) is 5.10 Å². The average molecular weight is 516 g/mol. The molecule has 202 valence electrons. The van der Waals surface area contributed by atoms with Crippen molar-refractivity contribution in [3.8, 4) is 11.4 Å². The molecule has 0 spiro atoms. The number of benzene rings is 1. The van der Waals surface area contributed by atoms with Crippen molar-refractivity contribution >= 4 is 0 Å². The van der Waals surface area contributed by atoms with Crippen LogP contribution in [0, 0.1) is 5.41 Å². The molecule has 1 saturated heterocycles. The van der Waals surface area contributed by atoms with Crippen LogP contribution in [-0.4, -0.2) is 61.1 Å². The Morgan fingerprint density at radius 1 is 0.974 bits per heavy atom. The second-order valence-electron chi connectivity index (χ2n) is 12.7. The molecule has 0 radical (unpaired) electrons. The van der Waals surface area contributed by atoms with Gasteiger partial charge in [-0.1, -0.05) is 45.0 Å². The SMILES string of the molecule is CC(C)c1ccc(C(O)(c2cncc(-c3nc(C4CCC(O)CC4)n(C4CC4)n3)c2)C2(C)CN(C)C2)cc1. The van der Waals surface area contributed by atoms with Gasteiger partial charge in [0.15, 0.2) is 5.82 Å². The lowest BCUT2D eigenvalue weighted by Gasteiger charge is -2.55. The Morgan fingerprint density at radius 3 is 2.26 bits per heavy atom. The molecular formula is C31H41N5O2. The van der Waals surface area contributed by atoms with Gasteiger partial charge in [0.25, 0.3) is 0 Å². The summed E-state index contributed by atoms with van der Waals surface area (Å²) in [6, 6.07) is 10.9. The smallest absolute Gasteiger partial charge is 0.182 e. The van der Waals surface area contributed by atoms with E-state index in [1.165, 1.54) is 5.56 Å². The molecule has 3 heterocycles. The molecule has 2 aliphatic carbocycles. The number of aliphatic hydroxyl groups excluding tert-OH is 1. The number of likely N-dealkylation sites (tertiary alicyclic amines) is 1. The number of nitrogens with zero attached hydrogens (tertiary/aromatic N) is 5. The van der Waals surface area contributed by atoms with E-state index < -0.39 is 5.60 Å². The van der Waals surface area contributed by atoms with E-state index in [1.807, 2.05) is 18.5 Å². The zero-order valence-corrected chi connectivity index (χ0v) is 23.1. The van der Waals surface area contributed by atoms with Crippen LogP contribution < -0.4 is 0 Å². The van der Waals surface area contributed by atoms with Gasteiger partial charge in [-0.25, -0.2) is 9.67 Å². The Morgan fingerprint density at radius 2 is 1.66 bits per heavy atom. The van der Waals surface area contributed by atoms with E-state index in [0.717, 1.165) is 74.1 Å². The molecule has 3 aliphatic rings. The maximum Gasteiger partial charge on any atom is 0.182 e. The molecule has 7 nitrogen and oxygen atoms in total. The molecule has 7 heteroatoms. The molecule has 1 aliphatic heterocycles. The van der Waals surface area contributed by atoms with Gasteiger partial charge in [0.2, 0.25) is 0 Å². The highest BCUT2D eigenvalue weighted by Crippen LogP contribution is 2.50. The van der Waals surface area contributed by atoms with Gasteiger partial charge in [-0.15, -0.1) is 0 Å². The first-order valence-corrected chi connectivity index (χ1v) is 14.3. The Kier molecular flexibility index (Phi) is 6.44. The molecule has 3 aromatic rings. The highest BCUT2D eigenvalue weighted by Gasteiger charge is 2.55. The third kappa shape index (κ3) is 4.38. The van der Waals surface area contributed by atoms with Crippen molar-refractivity contribution in [3.63, 3.8) is 0 Å². The summed E-state index contributed by atoms with van der Waals surface area (Å²) in [6.07, 6.45) is 9.26. The van der Waals surface area contributed by atoms with Crippen molar-refractivity contribution < 1.29 is 10.2 Å². The largest absolute Gasteiger partial charge is 0.393 e. The number of hydrogen-bond acceptors (Lipinski definition) is 6. The summed E-state index contributed by atoms with van der Waals surface area (Å²) in [6.45, 7) is 8.14. The van der Waals surface area contributed by atoms with E-state index in [4.69, 9.17) is 10.1 Å². The second kappa shape index (κ2) is 9.54. The Bertz CT molecular complexity index is 1280. The Balaban J connectivity index is 1.40. The summed E-state index contributed by atoms with van der Waals surface area (Å²) < 4.78 is 2.14. The van der Waals surface area contributed by atoms with Crippen LogP contribution in [0.4, 0.5) is 0 Å². The van der Waals surface area contributed by atoms with Crippen molar-refractivity contribution in [2.24, 2.45) is 5.41 Å². The van der Waals surface area contributed by atoms with E-state index in [0.29, 0.717) is 23.7 Å². The summed E-state index contributed by atoms with van der Waals surface area (Å²) in [4.78, 5) is 11.9. The molecular weight excluding hydrogens is 474 g/mol. The lowest BCUT2D eigenvalue weighted by Crippen LogP contribution is -2.63. The van der Waals surface area contributed by atoms with Gasteiger partial charge in [0, 0.05) is 47.9 Å². The van der Waals surface area contributed by atoms with Crippen LogP contribution in [0.3, 0.4) is 0 Å². The topological polar surface area (TPSA) is 87.3 Å². The van der Waals surface area contributed by atoms with Crippen LogP contribution in [0.2, 0.25) is 0 Å². The molecule has 38 heavy (non-hydrogen) atoms. The van der Waals surface area contributed by atoms with Crippen molar-refractivity contribution in [2.75, 3.05) is 20.1 Å². The quantitative estimate of drug-likeness (QED) is 0.460. The zero-order valence-electron chi connectivity index (χ0n) is 23.1. The summed E-state index contributed by atoms with van der Waals surface area (Å²) in [5, 5.41) is 27.6. The first-order valence-electron chi connectivity index (χ1n) is 14.3. The average Bonchev–Trinajstić information content (AvgIpc) is 3.66. The second-order valence-corrected chi connectivity index (χ2v) is 12.7. The van der Waals surface area contributed by atoms with Crippen molar-refractivity contribution in [1.29, 1.82) is 0 Å². The third-order valence-corrected chi connectivity index (χ3v) is 9.13. The standard InChI is InChI=1S/C31H41N5O2/c1-20(2)21-5-9-24(10-6-21)31(38,30(3)18-35(4)19-30)25-15-23(16-32-17-25)28-33-29(36(34-28)26-11-12-26)22-7-13-27(37)14-8-22/h5-6,9-10,15-17,20,22,26-27,37-38H,7-8,11-14,18-19H2,1-4H3. The summed E-state index contributed by atoms with van der Waals surface area (Å²) in [5.74, 6) is 2.49. The molecule has 2 N–H and O–H groups in total. The highest BCUT2D eigenvalue weighted by molar-refractivity contribution is 5.56. The van der Waals surface area contributed by atoms with Crippen molar-refractivity contribution in [2.45, 2.75) is 88.9 Å². The van der Waals surface area contributed by atoms with E-state index in [1.54, 1.807) is 0 Å². The van der Waals surface area contributed by atoms with E-state index in [-0.39, 0.29) is 11.5 Å². The van der Waals surface area contributed by atoms with Crippen LogP contribution in [0.25, 0.3) is 11.4 Å². The lowest BCUT2D eigenvalue weighted by molar-refractivity contribution is -0.127. The molecule has 0 bridgehead atoms. The molecule has 1 unspecified atom stereocenters. The highest BCUT2D eigenvalue weighted by atomic mass is 16.3. The Labute approximate surface area is 225 Å². The fraction of sp³-hybridized carbons (Fsp3) is 0.581. The van der Waals surface area contributed by atoms with Crippen LogP contribution in [0.5, 0.6) is 0 Å². The maximum atomic E-state index is 12.6. The third-order valence-electron chi connectivity index (χ3n) is 9.13. The Hall–Kier alpha value is -2.61. The fourth-order valence-corrected chi connectivity index (χ4v) is 6.76. The summed E-state index contributed by atoms with van der Waals surface area (Å²) >= 11 is 0. The molecule has 2 saturated carbocycles. The number of aliphatic hydroxyl groups is 2. The van der Waals surface area contributed by atoms with Gasteiger partial charge in [0.05, 0.1) is 12.1 Å². The summed E-state index contributed by atoms with van der Waals surface area (Å²) in [5.41, 5.74) is 2.24. The van der Waals surface area contributed by atoms with Crippen molar-refractivity contribution in [3.05, 3.63) is 65.2 Å². The van der Waals surface area contributed by atoms with Crippen LogP contribution >= 0.6 is 0 Å². The van der Waals surface area contributed by atoms with Crippen LogP contribution in [-0.2, 0) is 5.60 Å². The molecule has 1 aromatic carbocycles. The maximum absolute atomic E-state index is 12.6. The first-order chi connectivity index (χ1) is 18.2. The molecule has 0 amide bonds. The number of aromatic nitrogens is 4. The first kappa shape index (κ1) is 25.7. The normalized spacial score (nSPS) is 25.2. The molecule has 6 rings (SSSR count). The number of hydrogen-bond donors (Lipinski definition) is 2. The zero-order chi connectivity index (χ0) is 26.7. The van der Waals surface area contributed by atoms with E-state index in [9.17, 15) is 10.2 Å². The minimum atomic E-state index is -1.20. The van der Waals surface area contributed by atoms with E-state index >= 15 is 0 Å². The number of pyridine rings is 1. The minimum Gasteiger partial charge on any atom is -0.393 e. The van der Waals surface area contributed by atoms with Gasteiger partial charge in [-0.3, -0.25) is 4.98 Å². The van der Waals surface area contributed by atoms with Gasteiger partial charge >= 0.3 is 0 Å². The predicted molar refractivity (Wildman–Crippen MR) is 148 cm³/mol. The lowest BCUT2D eigenvalue weighted by atomic mass is 9.62. The summed E-state index contributed by atoms with van der Waals surface area (Å²) in [7, 11) is 2.10. The fourth-order valence-electron chi connectivity index (χ4n) is 6.76. The van der Waals surface area contributed by atoms with E-state index in [2.05, 4.69) is 66.7 Å². The van der Waals surface area contributed by atoms with Crippen LogP contribution in [0.15, 0.2) is 42.7 Å². The molecule has 1 atom stereocenters. The van der Waals surface area contributed by atoms with Gasteiger partial charge < -0.3 is 15.1 Å². The minimum absolute atomic E-state index is 0.192. The number of rotatable bonds is 7. The molecule has 2 aromatic heterocycles. The monoisotopic (exact) mass is 515 g/mol.